The number of furan rings is 2. The minimum absolute atomic E-state index is 0.864. The molecule has 3 heterocycles. The fraction of sp³-hybridized carbons (Fsp3) is 0.0588. The molecule has 0 radical (unpaired) electrons. The van der Waals surface area contributed by atoms with Crippen LogP contribution >= 0.6 is 11.3 Å². The highest BCUT2D eigenvalue weighted by Crippen LogP contribution is 2.50. The molecule has 10 rings (SSSR count). The molecular weight excluding hydrogens is 677 g/mol. The lowest BCUT2D eigenvalue weighted by atomic mass is 9.83. The fourth-order valence-electron chi connectivity index (χ4n) is 8.62. The predicted octanol–water partition coefficient (Wildman–Crippen LogP) is 15.7. The first-order valence-corrected chi connectivity index (χ1v) is 19.2. The van der Waals surface area contributed by atoms with Gasteiger partial charge in [0.15, 0.2) is 0 Å². The van der Waals surface area contributed by atoms with Crippen molar-refractivity contribution in [2.45, 2.75) is 20.8 Å². The molecule has 0 bridgehead atoms. The summed E-state index contributed by atoms with van der Waals surface area (Å²) >= 11 is 1.85. The van der Waals surface area contributed by atoms with Crippen molar-refractivity contribution in [3.05, 3.63) is 169 Å². The highest BCUT2D eigenvalue weighted by molar-refractivity contribution is 7.26. The first kappa shape index (κ1) is 32.2. The summed E-state index contributed by atoms with van der Waals surface area (Å²) in [5, 5.41) is 9.62. The number of aryl methyl sites for hydroxylation is 2. The molecule has 0 spiro atoms. The standard InChI is InChI=1S/C51H36O2S/c1-5-14-34-33(6-2)48(37-17-9-12-20-40(37)49(34)43-26-23-30(3)52-43)41-21-13-22-46-51(41)42-29-32(25-28-45(42)54-46)47-35-15-7-10-18-38(35)50(44-27-24-31(4)53-44)39-19-11-8-16-36(39)47/h5-29H,2H2,1,3-4H3/b14-5-. The summed E-state index contributed by atoms with van der Waals surface area (Å²) in [6, 6.07) is 48.3. The Bertz CT molecular complexity index is 3100. The van der Waals surface area contributed by atoms with Crippen molar-refractivity contribution in [2.24, 2.45) is 0 Å². The SMILES string of the molecule is C=Cc1c(/C=C\C)c(-c2ccc(C)o2)c2ccccc2c1-c1cccc2sc3ccc(-c4c5ccccc5c(-c5ccc(C)o5)c5ccccc45)cc3c12. The molecule has 7 aromatic carbocycles. The zero-order chi connectivity index (χ0) is 36.5. The third-order valence-electron chi connectivity index (χ3n) is 10.8. The van der Waals surface area contributed by atoms with Crippen molar-refractivity contribution < 1.29 is 8.83 Å². The van der Waals surface area contributed by atoms with E-state index in [2.05, 4.69) is 147 Å². The Balaban J connectivity index is 1.29. The Kier molecular flexibility index (Phi) is 7.53. The lowest BCUT2D eigenvalue weighted by molar-refractivity contribution is 0.548. The second-order valence-corrected chi connectivity index (χ2v) is 15.1. The van der Waals surface area contributed by atoms with E-state index in [-0.39, 0.29) is 0 Å². The largest absolute Gasteiger partial charge is 0.461 e. The number of hydrogen-bond donors (Lipinski definition) is 0. The van der Waals surface area contributed by atoms with E-state index in [0.717, 1.165) is 50.7 Å². The first-order chi connectivity index (χ1) is 26.5. The summed E-state index contributed by atoms with van der Waals surface area (Å²) in [7, 11) is 0. The van der Waals surface area contributed by atoms with Crippen molar-refractivity contribution in [1.29, 1.82) is 0 Å². The van der Waals surface area contributed by atoms with Crippen LogP contribution in [0.1, 0.15) is 29.6 Å². The van der Waals surface area contributed by atoms with Crippen LogP contribution in [0.5, 0.6) is 0 Å². The van der Waals surface area contributed by atoms with Crippen LogP contribution in [0.15, 0.2) is 155 Å². The van der Waals surface area contributed by atoms with Crippen molar-refractivity contribution in [3.63, 3.8) is 0 Å². The number of fused-ring (bicyclic) bond motifs is 6. The minimum Gasteiger partial charge on any atom is -0.461 e. The van der Waals surface area contributed by atoms with Gasteiger partial charge in [0.2, 0.25) is 0 Å². The third-order valence-corrected chi connectivity index (χ3v) is 11.9. The lowest BCUT2D eigenvalue weighted by Crippen LogP contribution is -1.96. The molecule has 0 aliphatic heterocycles. The van der Waals surface area contributed by atoms with E-state index < -0.39 is 0 Å². The molecular formula is C51H36O2S. The number of rotatable bonds is 6. The van der Waals surface area contributed by atoms with Crippen LogP contribution in [0.4, 0.5) is 0 Å². The summed E-state index contributed by atoms with van der Waals surface area (Å²) in [5.41, 5.74) is 9.25. The van der Waals surface area contributed by atoms with E-state index in [1.54, 1.807) is 0 Å². The van der Waals surface area contributed by atoms with Crippen LogP contribution in [-0.4, -0.2) is 0 Å². The monoisotopic (exact) mass is 712 g/mol. The number of thiophene rings is 1. The van der Waals surface area contributed by atoms with Gasteiger partial charge in [0.05, 0.1) is 0 Å². The quantitative estimate of drug-likeness (QED) is 0.160. The number of allylic oxidation sites excluding steroid dienone is 1. The van der Waals surface area contributed by atoms with E-state index in [9.17, 15) is 0 Å². The zero-order valence-electron chi connectivity index (χ0n) is 30.4. The normalized spacial score (nSPS) is 12.0. The highest BCUT2D eigenvalue weighted by Gasteiger charge is 2.24. The first-order valence-electron chi connectivity index (χ1n) is 18.4. The van der Waals surface area contributed by atoms with Gasteiger partial charge in [-0.3, -0.25) is 0 Å². The van der Waals surface area contributed by atoms with Crippen molar-refractivity contribution in [3.8, 4) is 44.9 Å². The van der Waals surface area contributed by atoms with E-state index in [1.165, 1.54) is 69.4 Å². The Morgan fingerprint density at radius 2 is 1.06 bits per heavy atom. The van der Waals surface area contributed by atoms with Gasteiger partial charge in [0.25, 0.3) is 0 Å². The lowest BCUT2D eigenvalue weighted by Gasteiger charge is -2.20. The topological polar surface area (TPSA) is 26.3 Å². The molecule has 0 saturated carbocycles. The molecule has 0 N–H and O–H groups in total. The summed E-state index contributed by atoms with van der Waals surface area (Å²) < 4.78 is 15.1. The Morgan fingerprint density at radius 3 is 1.61 bits per heavy atom. The van der Waals surface area contributed by atoms with Crippen molar-refractivity contribution in [2.75, 3.05) is 0 Å². The number of hydrogen-bond acceptors (Lipinski definition) is 3. The minimum atomic E-state index is 0.864. The Hall–Kier alpha value is -6.42. The van der Waals surface area contributed by atoms with E-state index in [4.69, 9.17) is 8.83 Å². The summed E-state index contributed by atoms with van der Waals surface area (Å²) in [5.74, 6) is 3.55. The van der Waals surface area contributed by atoms with Crippen LogP contribution in [0, 0.1) is 13.8 Å². The van der Waals surface area contributed by atoms with E-state index in [1.807, 2.05) is 43.4 Å². The number of benzene rings is 7. The van der Waals surface area contributed by atoms with Crippen molar-refractivity contribution >= 4 is 76.0 Å². The van der Waals surface area contributed by atoms with Gasteiger partial charge in [-0.05, 0) is 129 Å². The summed E-state index contributed by atoms with van der Waals surface area (Å²) in [4.78, 5) is 0. The third kappa shape index (κ3) is 4.86. The van der Waals surface area contributed by atoms with E-state index >= 15 is 0 Å². The molecule has 0 saturated heterocycles. The highest BCUT2D eigenvalue weighted by atomic mass is 32.1. The maximum Gasteiger partial charge on any atom is 0.135 e. The molecule has 0 fully saturated rings. The van der Waals surface area contributed by atoms with Crippen LogP contribution in [-0.2, 0) is 0 Å². The second kappa shape index (κ2) is 12.6. The van der Waals surface area contributed by atoms with E-state index in [0.29, 0.717) is 0 Å². The molecule has 54 heavy (non-hydrogen) atoms. The summed E-state index contributed by atoms with van der Waals surface area (Å²) in [6.45, 7) is 10.5. The van der Waals surface area contributed by atoms with Crippen LogP contribution in [0.2, 0.25) is 0 Å². The average molecular weight is 713 g/mol. The molecule has 2 nitrogen and oxygen atoms in total. The van der Waals surface area contributed by atoms with Gasteiger partial charge >= 0.3 is 0 Å². The van der Waals surface area contributed by atoms with Gasteiger partial charge in [-0.25, -0.2) is 0 Å². The average Bonchev–Trinajstić information content (AvgIpc) is 3.94. The molecule has 0 amide bonds. The van der Waals surface area contributed by atoms with Crippen molar-refractivity contribution in [1.82, 2.24) is 0 Å². The molecule has 0 aliphatic carbocycles. The Morgan fingerprint density at radius 1 is 0.500 bits per heavy atom. The van der Waals surface area contributed by atoms with Gasteiger partial charge in [-0.1, -0.05) is 116 Å². The molecule has 258 valence electrons. The molecule has 10 aromatic rings. The van der Waals surface area contributed by atoms with Gasteiger partial charge < -0.3 is 8.83 Å². The van der Waals surface area contributed by atoms with Gasteiger partial charge in [0, 0.05) is 31.3 Å². The smallest absolute Gasteiger partial charge is 0.135 e. The van der Waals surface area contributed by atoms with Gasteiger partial charge in [-0.15, -0.1) is 11.3 Å². The van der Waals surface area contributed by atoms with Crippen LogP contribution < -0.4 is 0 Å². The maximum absolute atomic E-state index is 6.30. The maximum atomic E-state index is 6.30. The second-order valence-electron chi connectivity index (χ2n) is 14.0. The molecule has 0 atom stereocenters. The van der Waals surface area contributed by atoms with Crippen LogP contribution in [0.25, 0.3) is 110 Å². The molecule has 3 aromatic heterocycles. The molecule has 0 unspecified atom stereocenters. The molecule has 0 aliphatic rings. The zero-order valence-corrected chi connectivity index (χ0v) is 31.2. The predicted molar refractivity (Wildman–Crippen MR) is 232 cm³/mol. The summed E-state index contributed by atoms with van der Waals surface area (Å²) in [6.07, 6.45) is 6.34. The Labute approximate surface area is 317 Å². The molecule has 3 heteroatoms. The van der Waals surface area contributed by atoms with Gasteiger partial charge in [-0.2, -0.15) is 0 Å². The van der Waals surface area contributed by atoms with Crippen LogP contribution in [0.3, 0.4) is 0 Å². The fourth-order valence-corrected chi connectivity index (χ4v) is 9.73. The van der Waals surface area contributed by atoms with Gasteiger partial charge in [0.1, 0.15) is 23.0 Å².